The van der Waals surface area contributed by atoms with E-state index in [0.717, 1.165) is 12.6 Å². The van der Waals surface area contributed by atoms with Gasteiger partial charge in [-0.1, -0.05) is 38.1 Å². The molecule has 2 nitrogen and oxygen atoms in total. The van der Waals surface area contributed by atoms with Crippen molar-refractivity contribution in [2.75, 3.05) is 19.6 Å². The average Bonchev–Trinajstić information content (AvgIpc) is 2.92. The van der Waals surface area contributed by atoms with Gasteiger partial charge in [-0.15, -0.1) is 0 Å². The van der Waals surface area contributed by atoms with Crippen LogP contribution in [0.15, 0.2) is 24.3 Å². The van der Waals surface area contributed by atoms with Gasteiger partial charge in [0.2, 0.25) is 0 Å². The van der Waals surface area contributed by atoms with Gasteiger partial charge in [0.25, 0.3) is 0 Å². The molecule has 0 bridgehead atoms. The lowest BCUT2D eigenvalue weighted by Gasteiger charge is -2.43. The molecule has 0 N–H and O–H groups in total. The maximum absolute atomic E-state index is 2.70. The highest BCUT2D eigenvalue weighted by Gasteiger charge is 2.36. The van der Waals surface area contributed by atoms with Crippen molar-refractivity contribution in [3.05, 3.63) is 35.4 Å². The highest BCUT2D eigenvalue weighted by Crippen LogP contribution is 2.27. The van der Waals surface area contributed by atoms with Crippen LogP contribution in [0.4, 0.5) is 0 Å². The summed E-state index contributed by atoms with van der Waals surface area (Å²) in [5, 5.41) is 0. The smallest absolute Gasteiger partial charge is 0.0250 e. The largest absolute Gasteiger partial charge is 0.298 e. The number of hydrogen-bond donors (Lipinski definition) is 0. The van der Waals surface area contributed by atoms with Crippen LogP contribution >= 0.6 is 0 Å². The summed E-state index contributed by atoms with van der Waals surface area (Å²) in [6, 6.07) is 10.8. The van der Waals surface area contributed by atoms with Crippen molar-refractivity contribution < 1.29 is 0 Å². The third kappa shape index (κ3) is 2.77. The van der Waals surface area contributed by atoms with Crippen molar-refractivity contribution in [3.63, 3.8) is 0 Å². The molecule has 0 saturated carbocycles. The number of hydrogen-bond acceptors (Lipinski definition) is 2. The molecule has 1 aromatic rings. The zero-order valence-corrected chi connectivity index (χ0v) is 13.2. The quantitative estimate of drug-likeness (QED) is 0.831. The highest BCUT2D eigenvalue weighted by molar-refractivity contribution is 5.24. The molecule has 0 amide bonds. The zero-order valence-electron chi connectivity index (χ0n) is 13.2. The number of benzene rings is 1. The second kappa shape index (κ2) is 5.87. The molecule has 2 atom stereocenters. The minimum absolute atomic E-state index is 0.630. The highest BCUT2D eigenvalue weighted by atomic mass is 15.3. The Hall–Kier alpha value is -0.860. The first-order chi connectivity index (χ1) is 9.65. The molecule has 0 radical (unpaired) electrons. The molecule has 2 heteroatoms. The summed E-state index contributed by atoms with van der Waals surface area (Å²) in [5.74, 6) is 0.630. The number of piperazine rings is 1. The van der Waals surface area contributed by atoms with Crippen LogP contribution in [0, 0.1) is 0 Å². The molecule has 1 aromatic carbocycles. The van der Waals surface area contributed by atoms with Gasteiger partial charge in [-0.3, -0.25) is 9.80 Å². The van der Waals surface area contributed by atoms with Crippen LogP contribution < -0.4 is 0 Å². The van der Waals surface area contributed by atoms with Crippen molar-refractivity contribution >= 4 is 0 Å². The summed E-state index contributed by atoms with van der Waals surface area (Å²) in [4.78, 5) is 5.37. The second-order valence-corrected chi connectivity index (χ2v) is 6.85. The summed E-state index contributed by atoms with van der Waals surface area (Å²) in [7, 11) is 0. The van der Waals surface area contributed by atoms with Gasteiger partial charge < -0.3 is 0 Å². The predicted molar refractivity (Wildman–Crippen MR) is 85.0 cm³/mol. The molecule has 0 aliphatic carbocycles. The molecule has 20 heavy (non-hydrogen) atoms. The maximum atomic E-state index is 2.70. The molecule has 0 unspecified atom stereocenters. The Kier molecular flexibility index (Phi) is 4.13. The summed E-state index contributed by atoms with van der Waals surface area (Å²) < 4.78 is 0. The van der Waals surface area contributed by atoms with E-state index >= 15 is 0 Å². The Morgan fingerprint density at radius 3 is 2.55 bits per heavy atom. The van der Waals surface area contributed by atoms with Gasteiger partial charge >= 0.3 is 0 Å². The van der Waals surface area contributed by atoms with E-state index in [1.54, 1.807) is 0 Å². The molecule has 2 aliphatic heterocycles. The minimum atomic E-state index is 0.630. The van der Waals surface area contributed by atoms with Crippen LogP contribution in [0.25, 0.3) is 0 Å². The Bertz CT molecular complexity index is 437. The first-order valence-corrected chi connectivity index (χ1v) is 8.22. The van der Waals surface area contributed by atoms with Gasteiger partial charge in [-0.25, -0.2) is 0 Å². The van der Waals surface area contributed by atoms with E-state index in [0.29, 0.717) is 12.0 Å². The van der Waals surface area contributed by atoms with Crippen LogP contribution in [-0.4, -0.2) is 41.5 Å². The average molecular weight is 272 g/mol. The first kappa shape index (κ1) is 14.1. The van der Waals surface area contributed by atoms with Crippen molar-refractivity contribution in [3.8, 4) is 0 Å². The molecule has 3 rings (SSSR count). The fourth-order valence-corrected chi connectivity index (χ4v) is 3.85. The topological polar surface area (TPSA) is 6.48 Å². The van der Waals surface area contributed by atoms with Crippen molar-refractivity contribution in [1.29, 1.82) is 0 Å². The summed E-state index contributed by atoms with van der Waals surface area (Å²) in [6.07, 6.45) is 2.79. The van der Waals surface area contributed by atoms with Gasteiger partial charge in [-0.05, 0) is 43.4 Å². The molecule has 2 fully saturated rings. The van der Waals surface area contributed by atoms with Crippen molar-refractivity contribution in [2.24, 2.45) is 0 Å². The number of rotatable bonds is 3. The van der Waals surface area contributed by atoms with E-state index in [1.165, 1.54) is 43.6 Å². The molecule has 0 spiro atoms. The summed E-state index contributed by atoms with van der Waals surface area (Å²) >= 11 is 0. The lowest BCUT2D eigenvalue weighted by atomic mass is 10.00. The number of nitrogens with zero attached hydrogens (tertiary/aromatic N) is 2. The van der Waals surface area contributed by atoms with E-state index in [1.807, 2.05) is 0 Å². The minimum Gasteiger partial charge on any atom is -0.298 e. The molecule has 110 valence electrons. The van der Waals surface area contributed by atoms with Crippen LogP contribution in [0.3, 0.4) is 0 Å². The van der Waals surface area contributed by atoms with Crippen LogP contribution in [-0.2, 0) is 6.54 Å². The van der Waals surface area contributed by atoms with Crippen LogP contribution in [0.5, 0.6) is 0 Å². The van der Waals surface area contributed by atoms with Crippen molar-refractivity contribution in [2.45, 2.75) is 58.2 Å². The third-order valence-corrected chi connectivity index (χ3v) is 5.25. The molecule has 2 aliphatic rings. The second-order valence-electron chi connectivity index (χ2n) is 6.85. The summed E-state index contributed by atoms with van der Waals surface area (Å²) in [5.41, 5.74) is 2.91. The summed E-state index contributed by atoms with van der Waals surface area (Å²) in [6.45, 7) is 11.9. The van der Waals surface area contributed by atoms with Gasteiger partial charge in [0.05, 0.1) is 0 Å². The Morgan fingerprint density at radius 2 is 1.85 bits per heavy atom. The monoisotopic (exact) mass is 272 g/mol. The van der Waals surface area contributed by atoms with Gasteiger partial charge in [0, 0.05) is 31.7 Å². The van der Waals surface area contributed by atoms with Gasteiger partial charge in [0.15, 0.2) is 0 Å². The Morgan fingerprint density at radius 1 is 1.10 bits per heavy atom. The Balaban J connectivity index is 1.65. The number of fused-ring (bicyclic) bond motifs is 1. The standard InChI is InChI=1S/C18H28N2/c1-14(2)17-8-6-16(7-9-17)13-20-12-11-19-10-4-5-18(19)15(20)3/h6-9,14-15,18H,4-5,10-13H2,1-3H3/t15-,18-/m1/s1. The molecule has 2 heterocycles. The molecular weight excluding hydrogens is 244 g/mol. The molecule has 2 saturated heterocycles. The maximum Gasteiger partial charge on any atom is 0.0250 e. The Labute approximate surface area is 123 Å². The molecule has 0 aromatic heterocycles. The van der Waals surface area contributed by atoms with Gasteiger partial charge in [-0.2, -0.15) is 0 Å². The first-order valence-electron chi connectivity index (χ1n) is 8.22. The van der Waals surface area contributed by atoms with E-state index in [-0.39, 0.29) is 0 Å². The lowest BCUT2D eigenvalue weighted by molar-refractivity contribution is 0.0470. The fraction of sp³-hybridized carbons (Fsp3) is 0.667. The van der Waals surface area contributed by atoms with E-state index < -0.39 is 0 Å². The van der Waals surface area contributed by atoms with E-state index in [4.69, 9.17) is 0 Å². The van der Waals surface area contributed by atoms with Crippen molar-refractivity contribution in [1.82, 2.24) is 9.80 Å². The zero-order chi connectivity index (χ0) is 14.1. The normalized spacial score (nSPS) is 28.0. The van der Waals surface area contributed by atoms with Crippen LogP contribution in [0.1, 0.15) is 50.7 Å². The van der Waals surface area contributed by atoms with E-state index in [2.05, 4.69) is 54.8 Å². The fourth-order valence-electron chi connectivity index (χ4n) is 3.85. The predicted octanol–water partition coefficient (Wildman–Crippen LogP) is 3.48. The SMILES string of the molecule is CC(C)c1ccc(CN2CCN3CCC[C@@H]3[C@H]2C)cc1. The van der Waals surface area contributed by atoms with E-state index in [9.17, 15) is 0 Å². The lowest BCUT2D eigenvalue weighted by Crippen LogP contribution is -2.55. The van der Waals surface area contributed by atoms with Crippen LogP contribution in [0.2, 0.25) is 0 Å². The van der Waals surface area contributed by atoms with Gasteiger partial charge in [0.1, 0.15) is 0 Å². The molecular formula is C18H28N2. The third-order valence-electron chi connectivity index (χ3n) is 5.25.